The maximum absolute atomic E-state index is 13.6. The smallest absolute Gasteiger partial charge is 0.330 e. The molecule has 0 saturated carbocycles. The minimum absolute atomic E-state index is 0.0388. The average Bonchev–Trinajstić information content (AvgIpc) is 3.25. The van der Waals surface area contributed by atoms with Gasteiger partial charge in [-0.2, -0.15) is 0 Å². The van der Waals surface area contributed by atoms with Gasteiger partial charge in [0.2, 0.25) is 0 Å². The molecule has 0 spiro atoms. The molecule has 0 amide bonds. The van der Waals surface area contributed by atoms with E-state index in [0.29, 0.717) is 24.0 Å². The molecule has 7 nitrogen and oxygen atoms in total. The molecule has 1 aromatic rings. The van der Waals surface area contributed by atoms with E-state index in [1.54, 1.807) is 0 Å². The van der Waals surface area contributed by atoms with Crippen molar-refractivity contribution >= 4 is 17.4 Å². The van der Waals surface area contributed by atoms with Crippen molar-refractivity contribution in [1.82, 2.24) is 14.1 Å². The summed E-state index contributed by atoms with van der Waals surface area (Å²) in [7, 11) is 0. The Labute approximate surface area is 192 Å². The molecule has 0 aliphatic carbocycles. The summed E-state index contributed by atoms with van der Waals surface area (Å²) in [6, 6.07) is 10.0. The molecule has 4 aliphatic rings. The Morgan fingerprint density at radius 1 is 1.25 bits per heavy atom. The van der Waals surface area contributed by atoms with Crippen molar-refractivity contribution in [2.24, 2.45) is 10.9 Å². The van der Waals surface area contributed by atoms with E-state index >= 15 is 0 Å². The van der Waals surface area contributed by atoms with Crippen LogP contribution in [-0.2, 0) is 17.8 Å². The Kier molecular flexibility index (Phi) is 5.78. The van der Waals surface area contributed by atoms with E-state index in [1.807, 2.05) is 45.7 Å². The summed E-state index contributed by atoms with van der Waals surface area (Å²) in [4.78, 5) is 23.3. The van der Waals surface area contributed by atoms with E-state index < -0.39 is 0 Å². The molecular weight excluding hydrogens is 426 g/mol. The Bertz CT molecular complexity index is 1210. The van der Waals surface area contributed by atoms with Gasteiger partial charge in [-0.15, -0.1) is 0 Å². The monoisotopic (exact) mass is 453 g/mol. The van der Waals surface area contributed by atoms with Gasteiger partial charge in [0.25, 0.3) is 0 Å². The van der Waals surface area contributed by atoms with Crippen molar-refractivity contribution in [3.8, 4) is 11.4 Å². The highest BCUT2D eigenvalue weighted by molar-refractivity contribution is 6.30. The molecule has 8 heteroatoms. The molecule has 0 radical (unpaired) electrons. The van der Waals surface area contributed by atoms with E-state index in [1.165, 1.54) is 0 Å². The Morgan fingerprint density at radius 3 is 2.72 bits per heavy atom. The third-order valence-corrected chi connectivity index (χ3v) is 6.63. The summed E-state index contributed by atoms with van der Waals surface area (Å²) < 4.78 is 9.09. The number of anilines is 1. The summed E-state index contributed by atoms with van der Waals surface area (Å²) in [5.74, 6) is 1.20. The van der Waals surface area contributed by atoms with Gasteiger partial charge >= 0.3 is 5.69 Å². The van der Waals surface area contributed by atoms with Gasteiger partial charge < -0.3 is 10.1 Å². The molecule has 1 fully saturated rings. The van der Waals surface area contributed by atoms with Crippen molar-refractivity contribution in [3.63, 3.8) is 0 Å². The zero-order chi connectivity index (χ0) is 22.2. The summed E-state index contributed by atoms with van der Waals surface area (Å²) in [6.07, 6.45) is 3.64. The van der Waals surface area contributed by atoms with Crippen molar-refractivity contribution in [2.45, 2.75) is 51.9 Å². The number of aromatic nitrogens is 3. The van der Waals surface area contributed by atoms with Crippen molar-refractivity contribution in [2.75, 3.05) is 18.5 Å². The molecule has 0 bridgehead atoms. The third kappa shape index (κ3) is 4.07. The first kappa shape index (κ1) is 21.2. The van der Waals surface area contributed by atoms with Gasteiger partial charge in [0, 0.05) is 30.8 Å². The van der Waals surface area contributed by atoms with Gasteiger partial charge in [-0.3, -0.25) is 14.1 Å². The highest BCUT2D eigenvalue weighted by Gasteiger charge is 2.30. The van der Waals surface area contributed by atoms with E-state index in [4.69, 9.17) is 26.3 Å². The normalized spacial score (nSPS) is 19.5. The van der Waals surface area contributed by atoms with E-state index in [9.17, 15) is 4.79 Å². The molecule has 1 N–H and O–H groups in total. The van der Waals surface area contributed by atoms with Crippen LogP contribution < -0.4 is 16.4 Å². The fourth-order valence-electron chi connectivity index (χ4n) is 4.43. The number of rotatable bonds is 4. The lowest BCUT2D eigenvalue weighted by atomic mass is 10.1. The third-order valence-electron chi connectivity index (χ3n) is 6.38. The maximum atomic E-state index is 13.6. The van der Waals surface area contributed by atoms with Crippen LogP contribution in [0.4, 0.5) is 5.82 Å². The zero-order valence-electron chi connectivity index (χ0n) is 18.4. The molecule has 4 heterocycles. The average molecular weight is 454 g/mol. The summed E-state index contributed by atoms with van der Waals surface area (Å²) in [5, 5.41) is 5.02. The molecular formula is C24H28ClN5O2. The molecule has 32 heavy (non-hydrogen) atoms. The first-order valence-corrected chi connectivity index (χ1v) is 11.6. The Balaban J connectivity index is 1.65. The van der Waals surface area contributed by atoms with Crippen LogP contribution in [0.5, 0.6) is 0 Å². The molecule has 0 aromatic heterocycles. The van der Waals surface area contributed by atoms with Gasteiger partial charge in [-0.1, -0.05) is 37.6 Å². The van der Waals surface area contributed by atoms with Crippen molar-refractivity contribution in [3.05, 3.63) is 63.0 Å². The van der Waals surface area contributed by atoms with Crippen molar-refractivity contribution < 1.29 is 4.74 Å². The number of hydrogen-bond acceptors (Lipinski definition) is 5. The van der Waals surface area contributed by atoms with E-state index in [-0.39, 0.29) is 17.8 Å². The van der Waals surface area contributed by atoms with Crippen LogP contribution in [0.15, 0.2) is 46.3 Å². The summed E-state index contributed by atoms with van der Waals surface area (Å²) in [6.45, 7) is 6.88. The topological polar surface area (TPSA) is 73.4 Å². The minimum Gasteiger partial charge on any atom is -0.381 e. The lowest BCUT2D eigenvalue weighted by molar-refractivity contribution is 0.0863. The molecule has 5 rings (SSSR count). The molecule has 1 unspecified atom stereocenters. The number of benzene rings is 1. The van der Waals surface area contributed by atoms with Gasteiger partial charge in [0.1, 0.15) is 11.5 Å². The molecule has 168 valence electrons. The second-order valence-corrected chi connectivity index (χ2v) is 9.42. The highest BCUT2D eigenvalue weighted by Crippen LogP contribution is 2.31. The van der Waals surface area contributed by atoms with Crippen LogP contribution in [0, 0.1) is 5.92 Å². The van der Waals surface area contributed by atoms with Crippen LogP contribution in [0.1, 0.15) is 32.3 Å². The predicted octanol–water partition coefficient (Wildman–Crippen LogP) is 3.38. The summed E-state index contributed by atoms with van der Waals surface area (Å²) in [5.41, 5.74) is 2.56. The number of ether oxygens (including phenoxy) is 1. The summed E-state index contributed by atoms with van der Waals surface area (Å²) >= 11 is 6.06. The number of pyridine rings is 1. The standard InChI is InChI=1S/C24H28ClN5O2/c1-15(2)20-14-30-23(28-20)22-21(11-19(12-26-22)27-18-7-9-32-10-8-18)29(24(30)31)13-16-3-5-17(25)6-4-16/h3-6,11-12,15,18,20,28H,7-10,13-14H2,1-2H3. The fourth-order valence-corrected chi connectivity index (χ4v) is 4.56. The zero-order valence-corrected chi connectivity index (χ0v) is 19.2. The van der Waals surface area contributed by atoms with Gasteiger partial charge in [0.15, 0.2) is 0 Å². The van der Waals surface area contributed by atoms with E-state index in [2.05, 4.69) is 19.2 Å². The minimum atomic E-state index is -0.0388. The second kappa shape index (κ2) is 8.71. The van der Waals surface area contributed by atoms with Gasteiger partial charge in [0.05, 0.1) is 29.8 Å². The predicted molar refractivity (Wildman–Crippen MR) is 125 cm³/mol. The van der Waals surface area contributed by atoms with Crippen LogP contribution in [0.3, 0.4) is 0 Å². The number of halogens is 1. The molecule has 1 aromatic carbocycles. The fraction of sp³-hybridized carbons (Fsp3) is 0.458. The largest absolute Gasteiger partial charge is 0.381 e. The maximum Gasteiger partial charge on any atom is 0.330 e. The molecule has 1 saturated heterocycles. The van der Waals surface area contributed by atoms with Crippen LogP contribution in [-0.4, -0.2) is 39.4 Å². The number of nitrogens with one attached hydrogen (secondary N) is 1. The lowest BCUT2D eigenvalue weighted by Gasteiger charge is -2.20. The number of nitrogens with zero attached hydrogens (tertiary/aromatic N) is 4. The first-order chi connectivity index (χ1) is 15.5. The van der Waals surface area contributed by atoms with Gasteiger partial charge in [-0.25, -0.2) is 9.78 Å². The molecule has 1 atom stereocenters. The Morgan fingerprint density at radius 2 is 2.00 bits per heavy atom. The highest BCUT2D eigenvalue weighted by atomic mass is 35.5. The molecule has 4 aliphatic heterocycles. The van der Waals surface area contributed by atoms with Crippen LogP contribution in [0.2, 0.25) is 5.02 Å². The second-order valence-electron chi connectivity index (χ2n) is 8.98. The van der Waals surface area contributed by atoms with Crippen LogP contribution >= 0.6 is 11.6 Å². The number of hydrogen-bond donors (Lipinski definition) is 1. The van der Waals surface area contributed by atoms with Crippen molar-refractivity contribution in [1.29, 1.82) is 0 Å². The first-order valence-electron chi connectivity index (χ1n) is 11.3. The van der Waals surface area contributed by atoms with Crippen LogP contribution in [0.25, 0.3) is 11.4 Å². The Hall–Kier alpha value is -2.64. The lowest BCUT2D eigenvalue weighted by Crippen LogP contribution is -2.34. The SMILES string of the molecule is CC(C)C1Cn2c(c3ncc(=NC4CCOCC4)cc-3n(Cc3ccc(Cl)cc3)c2=O)N1. The van der Waals surface area contributed by atoms with E-state index in [0.717, 1.165) is 54.2 Å². The quantitative estimate of drug-likeness (QED) is 0.657. The van der Waals surface area contributed by atoms with Gasteiger partial charge in [-0.05, 0) is 42.5 Å². The number of fused-ring (bicyclic) bond motifs is 3.